The number of carbonyl (C=O) groups excluding carboxylic acids is 1. The molecule has 0 unspecified atom stereocenters. The van der Waals surface area contributed by atoms with Gasteiger partial charge in [-0.15, -0.1) is 0 Å². The Hall–Kier alpha value is -2.56. The highest BCUT2D eigenvalue weighted by molar-refractivity contribution is 5.96. The van der Waals surface area contributed by atoms with Gasteiger partial charge in [0.2, 0.25) is 0 Å². The van der Waals surface area contributed by atoms with Gasteiger partial charge in [0, 0.05) is 12.2 Å². The molecule has 5 heteroatoms. The number of pyridine rings is 1. The van der Waals surface area contributed by atoms with E-state index in [4.69, 9.17) is 4.74 Å². The molecule has 0 radical (unpaired) electrons. The fraction of sp³-hybridized carbons (Fsp3) is 0.333. The highest BCUT2D eigenvalue weighted by Gasteiger charge is 2.25. The van der Waals surface area contributed by atoms with Gasteiger partial charge in [-0.3, -0.25) is 4.79 Å². The van der Waals surface area contributed by atoms with Crippen molar-refractivity contribution in [2.75, 3.05) is 6.61 Å². The Bertz CT molecular complexity index is 763. The van der Waals surface area contributed by atoms with E-state index >= 15 is 0 Å². The monoisotopic (exact) mass is 315 g/mol. The molecule has 0 amide bonds. The summed E-state index contributed by atoms with van der Waals surface area (Å²) in [5.41, 5.74) is 0.880. The molecular formula is C18H21NO4. The number of ether oxygens (including phenoxy) is 1. The molecule has 5 nitrogen and oxygen atoms in total. The van der Waals surface area contributed by atoms with Gasteiger partial charge in [-0.25, -0.2) is 4.79 Å². The van der Waals surface area contributed by atoms with Crippen LogP contribution in [0.5, 0.6) is 5.75 Å². The van der Waals surface area contributed by atoms with Crippen molar-refractivity contribution in [2.24, 2.45) is 0 Å². The predicted octanol–water partition coefficient (Wildman–Crippen LogP) is 3.12. The third kappa shape index (κ3) is 3.13. The molecule has 23 heavy (non-hydrogen) atoms. The van der Waals surface area contributed by atoms with E-state index in [1.807, 2.05) is 13.0 Å². The van der Waals surface area contributed by atoms with Crippen LogP contribution in [0.4, 0.5) is 0 Å². The summed E-state index contributed by atoms with van der Waals surface area (Å²) in [6.45, 7) is 5.97. The van der Waals surface area contributed by atoms with Crippen LogP contribution in [0.2, 0.25) is 0 Å². The Labute approximate surface area is 135 Å². The van der Waals surface area contributed by atoms with Crippen molar-refractivity contribution in [1.29, 1.82) is 0 Å². The zero-order chi connectivity index (χ0) is 17.0. The molecule has 0 spiro atoms. The van der Waals surface area contributed by atoms with E-state index in [1.165, 1.54) is 4.57 Å². The van der Waals surface area contributed by atoms with Gasteiger partial charge in [-0.2, -0.15) is 0 Å². The minimum atomic E-state index is -0.621. The van der Waals surface area contributed by atoms with E-state index in [0.29, 0.717) is 17.8 Å². The lowest BCUT2D eigenvalue weighted by Gasteiger charge is -2.17. The Morgan fingerprint density at radius 1 is 1.22 bits per heavy atom. The minimum Gasteiger partial charge on any atom is -0.506 e. The summed E-state index contributed by atoms with van der Waals surface area (Å²) < 4.78 is 6.56. The van der Waals surface area contributed by atoms with E-state index in [1.54, 1.807) is 38.1 Å². The first-order valence-corrected chi connectivity index (χ1v) is 7.71. The van der Waals surface area contributed by atoms with Crippen molar-refractivity contribution >= 4 is 5.97 Å². The SMILES string of the molecule is CCCn1c(C)c(C(=O)OCC)c(O)c(-c2ccccc2)c1=O. The molecule has 0 atom stereocenters. The molecule has 122 valence electrons. The molecule has 0 fully saturated rings. The minimum absolute atomic E-state index is 0.0544. The number of aromatic hydroxyl groups is 1. The van der Waals surface area contributed by atoms with Crippen molar-refractivity contribution in [3.63, 3.8) is 0 Å². The number of aromatic nitrogens is 1. The maximum absolute atomic E-state index is 12.8. The summed E-state index contributed by atoms with van der Waals surface area (Å²) in [5.74, 6) is -0.936. The Morgan fingerprint density at radius 2 is 1.87 bits per heavy atom. The summed E-state index contributed by atoms with van der Waals surface area (Å²) in [4.78, 5) is 25.0. The molecule has 1 aromatic heterocycles. The van der Waals surface area contributed by atoms with E-state index in [2.05, 4.69) is 0 Å². The largest absolute Gasteiger partial charge is 0.506 e. The van der Waals surface area contributed by atoms with Crippen LogP contribution in [0.15, 0.2) is 35.1 Å². The maximum atomic E-state index is 12.8. The van der Waals surface area contributed by atoms with Crippen LogP contribution in [0.3, 0.4) is 0 Å². The fourth-order valence-corrected chi connectivity index (χ4v) is 2.63. The molecule has 0 saturated heterocycles. The third-order valence-corrected chi connectivity index (χ3v) is 3.69. The highest BCUT2D eigenvalue weighted by atomic mass is 16.5. The lowest BCUT2D eigenvalue weighted by atomic mass is 10.0. The molecule has 1 heterocycles. The molecule has 0 aliphatic heterocycles. The van der Waals surface area contributed by atoms with Crippen LogP contribution in [0.25, 0.3) is 11.1 Å². The highest BCUT2D eigenvalue weighted by Crippen LogP contribution is 2.31. The quantitative estimate of drug-likeness (QED) is 0.861. The second-order valence-corrected chi connectivity index (χ2v) is 5.23. The summed E-state index contributed by atoms with van der Waals surface area (Å²) in [6.07, 6.45) is 0.738. The number of hydrogen-bond donors (Lipinski definition) is 1. The van der Waals surface area contributed by atoms with Gasteiger partial charge >= 0.3 is 5.97 Å². The lowest BCUT2D eigenvalue weighted by molar-refractivity contribution is 0.0521. The van der Waals surface area contributed by atoms with Gasteiger partial charge in [-0.05, 0) is 25.8 Å². The van der Waals surface area contributed by atoms with Crippen LogP contribution in [0, 0.1) is 6.92 Å². The summed E-state index contributed by atoms with van der Waals surface area (Å²) in [7, 11) is 0. The molecule has 2 rings (SSSR count). The molecule has 2 aromatic rings. The van der Waals surface area contributed by atoms with Gasteiger partial charge in [0.15, 0.2) is 0 Å². The summed E-state index contributed by atoms with van der Waals surface area (Å²) >= 11 is 0. The zero-order valence-electron chi connectivity index (χ0n) is 13.6. The molecule has 0 aliphatic rings. The lowest BCUT2D eigenvalue weighted by Crippen LogP contribution is -2.27. The smallest absolute Gasteiger partial charge is 0.343 e. The van der Waals surface area contributed by atoms with Gasteiger partial charge in [0.1, 0.15) is 11.3 Å². The molecule has 0 bridgehead atoms. The number of esters is 1. The third-order valence-electron chi connectivity index (χ3n) is 3.69. The second kappa shape index (κ2) is 7.13. The van der Waals surface area contributed by atoms with Crippen LogP contribution in [0.1, 0.15) is 36.3 Å². The average Bonchev–Trinajstić information content (AvgIpc) is 2.53. The van der Waals surface area contributed by atoms with Crippen LogP contribution >= 0.6 is 0 Å². The van der Waals surface area contributed by atoms with Crippen molar-refractivity contribution in [2.45, 2.75) is 33.7 Å². The zero-order valence-corrected chi connectivity index (χ0v) is 13.6. The fourth-order valence-electron chi connectivity index (χ4n) is 2.63. The van der Waals surface area contributed by atoms with E-state index in [9.17, 15) is 14.7 Å². The standard InChI is InChI=1S/C18H21NO4/c1-4-11-19-12(3)14(18(22)23-5-2)16(20)15(17(19)21)13-9-7-6-8-10-13/h6-10,20H,4-5,11H2,1-3H3. The molecule has 0 saturated carbocycles. The molecule has 1 aromatic carbocycles. The van der Waals surface area contributed by atoms with Crippen LogP contribution in [-0.2, 0) is 11.3 Å². The molecular weight excluding hydrogens is 294 g/mol. The Balaban J connectivity index is 2.81. The molecule has 0 aliphatic carbocycles. The van der Waals surface area contributed by atoms with E-state index in [-0.39, 0.29) is 29.0 Å². The number of rotatable bonds is 5. The van der Waals surface area contributed by atoms with Gasteiger partial charge in [0.25, 0.3) is 5.56 Å². The number of benzene rings is 1. The Kier molecular flexibility index (Phi) is 5.21. The number of nitrogens with zero attached hydrogens (tertiary/aromatic N) is 1. The average molecular weight is 315 g/mol. The first-order valence-electron chi connectivity index (χ1n) is 7.71. The van der Waals surface area contributed by atoms with Gasteiger partial charge in [-0.1, -0.05) is 37.3 Å². The molecule has 1 N–H and O–H groups in total. The van der Waals surface area contributed by atoms with Crippen molar-refractivity contribution in [3.05, 3.63) is 51.9 Å². The van der Waals surface area contributed by atoms with Crippen LogP contribution in [-0.4, -0.2) is 22.2 Å². The van der Waals surface area contributed by atoms with E-state index < -0.39 is 5.97 Å². The van der Waals surface area contributed by atoms with Gasteiger partial charge in [0.05, 0.1) is 12.2 Å². The predicted molar refractivity (Wildman–Crippen MR) is 88.8 cm³/mol. The van der Waals surface area contributed by atoms with Crippen molar-refractivity contribution in [1.82, 2.24) is 4.57 Å². The summed E-state index contributed by atoms with van der Waals surface area (Å²) in [5, 5.41) is 10.6. The van der Waals surface area contributed by atoms with Crippen molar-refractivity contribution < 1.29 is 14.6 Å². The van der Waals surface area contributed by atoms with Gasteiger partial charge < -0.3 is 14.4 Å². The number of carbonyl (C=O) groups is 1. The normalized spacial score (nSPS) is 10.6. The van der Waals surface area contributed by atoms with Crippen LogP contribution < -0.4 is 5.56 Å². The topological polar surface area (TPSA) is 68.5 Å². The number of hydrogen-bond acceptors (Lipinski definition) is 4. The van der Waals surface area contributed by atoms with Crippen molar-refractivity contribution in [3.8, 4) is 16.9 Å². The first-order chi connectivity index (χ1) is 11.0. The summed E-state index contributed by atoms with van der Waals surface area (Å²) in [6, 6.07) is 8.85. The first kappa shape index (κ1) is 16.8. The Morgan fingerprint density at radius 3 is 2.43 bits per heavy atom. The maximum Gasteiger partial charge on any atom is 0.343 e. The van der Waals surface area contributed by atoms with E-state index in [0.717, 1.165) is 6.42 Å². The second-order valence-electron chi connectivity index (χ2n) is 5.23.